The first-order chi connectivity index (χ1) is 6.69. The molecule has 0 aliphatic carbocycles. The van der Waals surface area contributed by atoms with E-state index in [1.165, 1.54) is 13.2 Å². The Balaban J connectivity index is 3.06. The third-order valence-corrected chi connectivity index (χ3v) is 2.01. The van der Waals surface area contributed by atoms with Gasteiger partial charge in [0.15, 0.2) is 0 Å². The molecule has 1 aromatic carbocycles. The van der Waals surface area contributed by atoms with Crippen LogP contribution in [0.5, 0.6) is 5.75 Å². The lowest BCUT2D eigenvalue weighted by Gasteiger charge is -2.09. The summed E-state index contributed by atoms with van der Waals surface area (Å²) >= 11 is 0. The molecule has 0 fully saturated rings. The highest BCUT2D eigenvalue weighted by atomic mass is 19.1. The number of ether oxygens (including phenoxy) is 1. The molecule has 0 saturated carbocycles. The van der Waals surface area contributed by atoms with E-state index in [4.69, 9.17) is 10.00 Å². The average Bonchev–Trinajstić information content (AvgIpc) is 2.15. The monoisotopic (exact) mass is 193 g/mol. The molecule has 0 aliphatic rings. The maximum absolute atomic E-state index is 13.4. The first kappa shape index (κ1) is 10.5. The van der Waals surface area contributed by atoms with E-state index < -0.39 is 0 Å². The Kier molecular flexibility index (Phi) is 3.47. The van der Waals surface area contributed by atoms with Crippen LogP contribution < -0.4 is 4.74 Å². The van der Waals surface area contributed by atoms with Gasteiger partial charge in [0.2, 0.25) is 0 Å². The summed E-state index contributed by atoms with van der Waals surface area (Å²) in [5.41, 5.74) is 1.31. The maximum atomic E-state index is 13.4. The van der Waals surface area contributed by atoms with E-state index in [0.29, 0.717) is 24.2 Å². The second-order valence-electron chi connectivity index (χ2n) is 3.09. The van der Waals surface area contributed by atoms with Crippen molar-refractivity contribution in [1.82, 2.24) is 0 Å². The predicted octanol–water partition coefficient (Wildman–Crippen LogP) is 2.60. The Morgan fingerprint density at radius 1 is 1.50 bits per heavy atom. The van der Waals surface area contributed by atoms with Crippen LogP contribution in [0.3, 0.4) is 0 Å². The van der Waals surface area contributed by atoms with Gasteiger partial charge in [0.1, 0.15) is 11.6 Å². The molecule has 74 valence electrons. The molecule has 2 nitrogen and oxygen atoms in total. The molecule has 0 saturated heterocycles. The van der Waals surface area contributed by atoms with Crippen molar-refractivity contribution in [3.8, 4) is 11.8 Å². The van der Waals surface area contributed by atoms with Crippen LogP contribution in [0.2, 0.25) is 0 Å². The van der Waals surface area contributed by atoms with Crippen molar-refractivity contribution in [2.24, 2.45) is 0 Å². The van der Waals surface area contributed by atoms with Gasteiger partial charge in [-0.15, -0.1) is 0 Å². The Morgan fingerprint density at radius 2 is 2.21 bits per heavy atom. The van der Waals surface area contributed by atoms with Crippen LogP contribution in [0.4, 0.5) is 4.39 Å². The summed E-state index contributed by atoms with van der Waals surface area (Å²) in [6.45, 7) is 1.81. The van der Waals surface area contributed by atoms with Crippen LogP contribution in [-0.2, 0) is 6.42 Å². The molecule has 0 amide bonds. The fourth-order valence-electron chi connectivity index (χ4n) is 1.35. The molecule has 14 heavy (non-hydrogen) atoms. The van der Waals surface area contributed by atoms with Crippen molar-refractivity contribution in [2.45, 2.75) is 19.8 Å². The molecular formula is C11H12FNO. The summed E-state index contributed by atoms with van der Waals surface area (Å²) in [6, 6.07) is 5.21. The van der Waals surface area contributed by atoms with Crippen LogP contribution in [0.15, 0.2) is 12.1 Å². The molecule has 0 spiro atoms. The summed E-state index contributed by atoms with van der Waals surface area (Å²) in [5, 5.41) is 8.42. The highest BCUT2D eigenvalue weighted by molar-refractivity contribution is 5.38. The molecule has 0 heterocycles. The number of aryl methyl sites for hydroxylation is 1. The first-order valence-electron chi connectivity index (χ1n) is 4.39. The summed E-state index contributed by atoms with van der Waals surface area (Å²) in [7, 11) is 1.50. The van der Waals surface area contributed by atoms with Crippen LogP contribution in [0, 0.1) is 24.1 Å². The van der Waals surface area contributed by atoms with Gasteiger partial charge in [0.05, 0.1) is 13.2 Å². The van der Waals surface area contributed by atoms with Gasteiger partial charge in [-0.3, -0.25) is 0 Å². The van der Waals surface area contributed by atoms with Crippen LogP contribution in [-0.4, -0.2) is 7.11 Å². The van der Waals surface area contributed by atoms with Gasteiger partial charge >= 0.3 is 0 Å². The normalized spacial score (nSPS) is 9.57. The summed E-state index contributed by atoms with van der Waals surface area (Å²) < 4.78 is 18.5. The highest BCUT2D eigenvalue weighted by Gasteiger charge is 2.09. The molecule has 0 atom stereocenters. The van der Waals surface area contributed by atoms with E-state index in [1.54, 1.807) is 13.0 Å². The van der Waals surface area contributed by atoms with E-state index in [1.807, 2.05) is 6.07 Å². The number of benzene rings is 1. The van der Waals surface area contributed by atoms with Crippen molar-refractivity contribution in [2.75, 3.05) is 7.11 Å². The lowest BCUT2D eigenvalue weighted by molar-refractivity contribution is 0.404. The predicted molar refractivity (Wildman–Crippen MR) is 51.6 cm³/mol. The second-order valence-corrected chi connectivity index (χ2v) is 3.09. The topological polar surface area (TPSA) is 33.0 Å². The van der Waals surface area contributed by atoms with E-state index in [9.17, 15) is 4.39 Å². The number of rotatable bonds is 3. The van der Waals surface area contributed by atoms with Gasteiger partial charge in [0, 0.05) is 12.0 Å². The standard InChI is InChI=1S/C11H12FNO/c1-8-6-10(12)9(4-3-5-13)11(7-8)14-2/h6-7H,3-4H2,1-2H3. The smallest absolute Gasteiger partial charge is 0.130 e. The third-order valence-electron chi connectivity index (χ3n) is 2.01. The van der Waals surface area contributed by atoms with Gasteiger partial charge in [-0.25, -0.2) is 4.39 Å². The zero-order chi connectivity index (χ0) is 10.6. The van der Waals surface area contributed by atoms with Gasteiger partial charge in [-0.1, -0.05) is 0 Å². The summed E-state index contributed by atoms with van der Waals surface area (Å²) in [4.78, 5) is 0. The van der Waals surface area contributed by atoms with Gasteiger partial charge < -0.3 is 4.74 Å². The minimum atomic E-state index is -0.294. The zero-order valence-electron chi connectivity index (χ0n) is 8.30. The number of hydrogen-bond donors (Lipinski definition) is 0. The largest absolute Gasteiger partial charge is 0.496 e. The third kappa shape index (κ3) is 2.23. The summed E-state index contributed by atoms with van der Waals surface area (Å²) in [5.74, 6) is 0.231. The molecule has 0 bridgehead atoms. The Hall–Kier alpha value is -1.56. The van der Waals surface area contributed by atoms with Crippen LogP contribution >= 0.6 is 0 Å². The fraction of sp³-hybridized carbons (Fsp3) is 0.364. The number of halogens is 1. The molecule has 0 N–H and O–H groups in total. The summed E-state index contributed by atoms with van der Waals surface area (Å²) in [6.07, 6.45) is 0.697. The second kappa shape index (κ2) is 4.61. The number of nitrogens with zero attached hydrogens (tertiary/aromatic N) is 1. The van der Waals surface area contributed by atoms with Gasteiger partial charge in [-0.05, 0) is 31.0 Å². The number of nitriles is 1. The fourth-order valence-corrected chi connectivity index (χ4v) is 1.35. The van der Waals surface area contributed by atoms with E-state index in [0.717, 1.165) is 5.56 Å². The number of hydrogen-bond acceptors (Lipinski definition) is 2. The van der Waals surface area contributed by atoms with Gasteiger partial charge in [0.25, 0.3) is 0 Å². The first-order valence-corrected chi connectivity index (χ1v) is 4.39. The highest BCUT2D eigenvalue weighted by Crippen LogP contribution is 2.24. The van der Waals surface area contributed by atoms with Crippen molar-refractivity contribution in [1.29, 1.82) is 5.26 Å². The van der Waals surface area contributed by atoms with E-state index in [2.05, 4.69) is 0 Å². The maximum Gasteiger partial charge on any atom is 0.130 e. The van der Waals surface area contributed by atoms with Crippen LogP contribution in [0.1, 0.15) is 17.5 Å². The van der Waals surface area contributed by atoms with Crippen molar-refractivity contribution < 1.29 is 9.13 Å². The minimum absolute atomic E-state index is 0.294. The quantitative estimate of drug-likeness (QED) is 0.739. The molecule has 0 unspecified atom stereocenters. The van der Waals surface area contributed by atoms with E-state index in [-0.39, 0.29) is 5.82 Å². The molecular weight excluding hydrogens is 181 g/mol. The zero-order valence-corrected chi connectivity index (χ0v) is 8.30. The molecule has 3 heteroatoms. The molecule has 0 aliphatic heterocycles. The van der Waals surface area contributed by atoms with Crippen molar-refractivity contribution in [3.05, 3.63) is 29.1 Å². The van der Waals surface area contributed by atoms with Crippen molar-refractivity contribution >= 4 is 0 Å². The Morgan fingerprint density at radius 3 is 2.79 bits per heavy atom. The van der Waals surface area contributed by atoms with Crippen molar-refractivity contribution in [3.63, 3.8) is 0 Å². The molecule has 1 aromatic rings. The lowest BCUT2D eigenvalue weighted by Crippen LogP contribution is -1.97. The van der Waals surface area contributed by atoms with Crippen LogP contribution in [0.25, 0.3) is 0 Å². The SMILES string of the molecule is COc1cc(C)cc(F)c1CCC#N. The van der Waals surface area contributed by atoms with E-state index >= 15 is 0 Å². The Bertz CT molecular complexity index is 368. The Labute approximate surface area is 82.9 Å². The molecule has 0 aromatic heterocycles. The average molecular weight is 193 g/mol. The minimum Gasteiger partial charge on any atom is -0.496 e. The van der Waals surface area contributed by atoms with Gasteiger partial charge in [-0.2, -0.15) is 5.26 Å². The number of methoxy groups -OCH3 is 1. The lowest BCUT2D eigenvalue weighted by atomic mass is 10.1. The molecule has 0 radical (unpaired) electrons. The molecule has 1 rings (SSSR count).